The number of carbonyl (C=O) groups excluding carboxylic acids is 2. The first kappa shape index (κ1) is 17.3. The van der Waals surface area contributed by atoms with Crippen LogP contribution in [-0.2, 0) is 0 Å². The maximum atomic E-state index is 10.8. The first-order valence-corrected chi connectivity index (χ1v) is 7.76. The van der Waals surface area contributed by atoms with Gasteiger partial charge >= 0.3 is 0 Å². The zero-order valence-corrected chi connectivity index (χ0v) is 13.7. The second-order valence-corrected chi connectivity index (χ2v) is 4.85. The number of aldehydes is 2. The molecule has 1 aromatic heterocycles. The number of rotatable bonds is 5. The number of benzene rings is 2. The highest BCUT2D eigenvalue weighted by molar-refractivity contribution is 5.75. The molecule has 3 aromatic rings. The lowest BCUT2D eigenvalue weighted by Gasteiger charge is -2.18. The topological polar surface area (TPSA) is 64.8 Å². The van der Waals surface area contributed by atoms with E-state index in [1.807, 2.05) is 38.1 Å². The molecule has 1 heterocycles. The van der Waals surface area contributed by atoms with Gasteiger partial charge < -0.3 is 0 Å². The Morgan fingerprint density at radius 2 is 1.29 bits per heavy atom. The Kier molecular flexibility index (Phi) is 6.14. The van der Waals surface area contributed by atoms with Gasteiger partial charge in [-0.2, -0.15) is 5.10 Å². The van der Waals surface area contributed by atoms with E-state index in [0.29, 0.717) is 11.1 Å². The Labute approximate surface area is 141 Å². The summed E-state index contributed by atoms with van der Waals surface area (Å²) in [6.45, 7) is 4.00. The fraction of sp³-hybridized carbons (Fsp3) is 0.158. The largest absolute Gasteiger partial charge is 0.298 e. The molecule has 2 aromatic carbocycles. The van der Waals surface area contributed by atoms with Crippen molar-refractivity contribution in [2.45, 2.75) is 19.9 Å². The molecular weight excluding hydrogens is 302 g/mol. The maximum Gasteiger partial charge on any atom is 0.150 e. The highest BCUT2D eigenvalue weighted by Gasteiger charge is 2.17. The summed E-state index contributed by atoms with van der Waals surface area (Å²) in [5.74, 6) is 0. The van der Waals surface area contributed by atoms with Crippen molar-refractivity contribution in [3.05, 3.63) is 83.4 Å². The van der Waals surface area contributed by atoms with E-state index in [2.05, 4.69) is 10.1 Å². The van der Waals surface area contributed by atoms with Gasteiger partial charge in [0.1, 0.15) is 31.3 Å². The number of nitrogens with zero attached hydrogens (tertiary/aromatic N) is 3. The molecule has 0 bridgehead atoms. The molecular formula is C19H19N3O2. The van der Waals surface area contributed by atoms with Crippen molar-refractivity contribution in [3.8, 4) is 0 Å². The molecule has 5 heteroatoms. The van der Waals surface area contributed by atoms with Crippen LogP contribution >= 0.6 is 0 Å². The summed E-state index contributed by atoms with van der Waals surface area (Å²) in [6, 6.07) is 14.5. The van der Waals surface area contributed by atoms with Crippen LogP contribution in [0.1, 0.15) is 51.7 Å². The highest BCUT2D eigenvalue weighted by atomic mass is 16.1. The van der Waals surface area contributed by atoms with Gasteiger partial charge in [-0.1, -0.05) is 62.4 Å². The number of hydrogen-bond acceptors (Lipinski definition) is 4. The van der Waals surface area contributed by atoms with Crippen LogP contribution in [0.25, 0.3) is 0 Å². The molecule has 0 unspecified atom stereocenters. The molecule has 0 N–H and O–H groups in total. The minimum atomic E-state index is -0.163. The van der Waals surface area contributed by atoms with E-state index in [1.165, 1.54) is 6.33 Å². The standard InChI is InChI=1S/C17H13N3O2.C2H6/c21-9-13-1-5-15(6-2-13)17(20-12-18-11-19-20)16-7-3-14(10-22)4-8-16;1-2/h1-12,17H;1-2H3. The quantitative estimate of drug-likeness (QED) is 0.674. The molecule has 0 saturated carbocycles. The summed E-state index contributed by atoms with van der Waals surface area (Å²) in [4.78, 5) is 25.6. The first-order chi connectivity index (χ1) is 11.8. The zero-order chi connectivity index (χ0) is 17.4. The molecule has 0 saturated heterocycles. The lowest BCUT2D eigenvalue weighted by Crippen LogP contribution is -2.13. The molecule has 5 nitrogen and oxygen atoms in total. The van der Waals surface area contributed by atoms with Gasteiger partial charge in [-0.25, -0.2) is 9.67 Å². The van der Waals surface area contributed by atoms with E-state index in [4.69, 9.17) is 0 Å². The molecule has 0 aliphatic heterocycles. The minimum Gasteiger partial charge on any atom is -0.298 e. The molecule has 3 rings (SSSR count). The van der Waals surface area contributed by atoms with E-state index in [-0.39, 0.29) is 6.04 Å². The Balaban J connectivity index is 0.00000100. The zero-order valence-electron chi connectivity index (χ0n) is 13.7. The average Bonchev–Trinajstić information content (AvgIpc) is 3.19. The van der Waals surface area contributed by atoms with Gasteiger partial charge in [0.2, 0.25) is 0 Å². The van der Waals surface area contributed by atoms with Crippen molar-refractivity contribution < 1.29 is 9.59 Å². The van der Waals surface area contributed by atoms with Gasteiger partial charge in [-0.05, 0) is 11.1 Å². The molecule has 0 amide bonds. The van der Waals surface area contributed by atoms with Crippen molar-refractivity contribution in [1.82, 2.24) is 14.8 Å². The smallest absolute Gasteiger partial charge is 0.150 e. The number of aromatic nitrogens is 3. The van der Waals surface area contributed by atoms with E-state index in [0.717, 1.165) is 23.7 Å². The third-order valence-electron chi connectivity index (χ3n) is 3.48. The van der Waals surface area contributed by atoms with Crippen LogP contribution in [0.4, 0.5) is 0 Å². The van der Waals surface area contributed by atoms with Crippen molar-refractivity contribution >= 4 is 12.6 Å². The van der Waals surface area contributed by atoms with E-state index in [9.17, 15) is 9.59 Å². The van der Waals surface area contributed by atoms with Crippen LogP contribution in [0.5, 0.6) is 0 Å². The predicted molar refractivity (Wildman–Crippen MR) is 92.3 cm³/mol. The summed E-state index contributed by atoms with van der Waals surface area (Å²) in [6.07, 6.45) is 4.75. The summed E-state index contributed by atoms with van der Waals surface area (Å²) >= 11 is 0. The van der Waals surface area contributed by atoms with Gasteiger partial charge in [0.05, 0.1) is 0 Å². The molecule has 122 valence electrons. The summed E-state index contributed by atoms with van der Waals surface area (Å²) < 4.78 is 1.74. The number of carbonyl (C=O) groups is 2. The van der Waals surface area contributed by atoms with Crippen LogP contribution in [0.15, 0.2) is 61.2 Å². The van der Waals surface area contributed by atoms with E-state index < -0.39 is 0 Å². The molecule has 0 spiro atoms. The van der Waals surface area contributed by atoms with Crippen molar-refractivity contribution in [2.75, 3.05) is 0 Å². The predicted octanol–water partition coefficient (Wildman–Crippen LogP) is 3.57. The molecule has 0 aliphatic carbocycles. The van der Waals surface area contributed by atoms with Gasteiger partial charge in [-0.15, -0.1) is 0 Å². The first-order valence-electron chi connectivity index (χ1n) is 7.76. The number of hydrogen-bond donors (Lipinski definition) is 0. The van der Waals surface area contributed by atoms with Crippen LogP contribution in [-0.4, -0.2) is 27.3 Å². The fourth-order valence-electron chi connectivity index (χ4n) is 2.36. The van der Waals surface area contributed by atoms with E-state index >= 15 is 0 Å². The third kappa shape index (κ3) is 3.81. The third-order valence-corrected chi connectivity index (χ3v) is 3.48. The maximum absolute atomic E-state index is 10.8. The monoisotopic (exact) mass is 321 g/mol. The Hall–Kier alpha value is -3.08. The van der Waals surface area contributed by atoms with Crippen molar-refractivity contribution in [3.63, 3.8) is 0 Å². The molecule has 24 heavy (non-hydrogen) atoms. The van der Waals surface area contributed by atoms with Gasteiger partial charge in [0, 0.05) is 11.1 Å². The highest BCUT2D eigenvalue weighted by Crippen LogP contribution is 2.26. The van der Waals surface area contributed by atoms with Crippen LogP contribution in [0.3, 0.4) is 0 Å². The summed E-state index contributed by atoms with van der Waals surface area (Å²) in [7, 11) is 0. The van der Waals surface area contributed by atoms with Gasteiger partial charge in [0.25, 0.3) is 0 Å². The molecule has 0 atom stereocenters. The van der Waals surface area contributed by atoms with E-state index in [1.54, 1.807) is 35.3 Å². The van der Waals surface area contributed by atoms with Crippen LogP contribution < -0.4 is 0 Å². The SMILES string of the molecule is CC.O=Cc1ccc(C(c2ccc(C=O)cc2)n2cncn2)cc1. The average molecular weight is 321 g/mol. The van der Waals surface area contributed by atoms with Crippen LogP contribution in [0.2, 0.25) is 0 Å². The molecule has 0 fully saturated rings. The Bertz CT molecular complexity index is 712. The molecule has 0 aliphatic rings. The molecule has 0 radical (unpaired) electrons. The lowest BCUT2D eigenvalue weighted by atomic mass is 9.97. The summed E-state index contributed by atoms with van der Waals surface area (Å²) in [5, 5.41) is 4.22. The Morgan fingerprint density at radius 3 is 1.62 bits per heavy atom. The van der Waals surface area contributed by atoms with Crippen molar-refractivity contribution in [2.24, 2.45) is 0 Å². The minimum absolute atomic E-state index is 0.163. The van der Waals surface area contributed by atoms with Crippen molar-refractivity contribution in [1.29, 1.82) is 0 Å². The lowest BCUT2D eigenvalue weighted by molar-refractivity contribution is 0.111. The normalized spacial score (nSPS) is 9.96. The Morgan fingerprint density at radius 1 is 0.833 bits per heavy atom. The fourth-order valence-corrected chi connectivity index (χ4v) is 2.36. The second kappa shape index (κ2) is 8.53. The van der Waals surface area contributed by atoms with Gasteiger partial charge in [0.15, 0.2) is 0 Å². The summed E-state index contributed by atoms with van der Waals surface area (Å²) in [5.41, 5.74) is 3.21. The van der Waals surface area contributed by atoms with Gasteiger partial charge in [-0.3, -0.25) is 9.59 Å². The van der Waals surface area contributed by atoms with Crippen LogP contribution in [0, 0.1) is 0 Å². The second-order valence-electron chi connectivity index (χ2n) is 4.85.